The molecule has 6 heteroatoms. The van der Waals surface area contributed by atoms with E-state index in [-0.39, 0.29) is 5.91 Å². The van der Waals surface area contributed by atoms with Crippen LogP contribution in [-0.4, -0.2) is 22.4 Å². The van der Waals surface area contributed by atoms with Crippen LogP contribution in [0.1, 0.15) is 30.3 Å². The van der Waals surface area contributed by atoms with E-state index in [0.717, 1.165) is 12.8 Å². The molecule has 1 heterocycles. The molecule has 0 atom stereocenters. The van der Waals surface area contributed by atoms with Gasteiger partial charge < -0.3 is 10.7 Å². The summed E-state index contributed by atoms with van der Waals surface area (Å²) < 4.78 is 0. The Labute approximate surface area is 88.3 Å². The SMILES string of the molecule is CCCCNC(=O)c1cnc(NN)cn1. The average molecular weight is 209 g/mol. The number of nitrogen functional groups attached to an aromatic ring is 1. The monoisotopic (exact) mass is 209 g/mol. The lowest BCUT2D eigenvalue weighted by molar-refractivity contribution is 0.0948. The standard InChI is InChI=1S/C9H15N5O/c1-2-3-4-11-9(15)7-5-13-8(14-10)6-12-7/h5-6H,2-4,10H2,1H3,(H,11,15)(H,13,14). The maximum atomic E-state index is 11.5. The fraction of sp³-hybridized carbons (Fsp3) is 0.444. The molecule has 0 spiro atoms. The van der Waals surface area contributed by atoms with Crippen LogP contribution in [0.15, 0.2) is 12.4 Å². The molecule has 0 aliphatic carbocycles. The minimum atomic E-state index is -0.209. The molecular weight excluding hydrogens is 194 g/mol. The van der Waals surface area contributed by atoms with Crippen LogP contribution in [0, 0.1) is 0 Å². The van der Waals surface area contributed by atoms with E-state index in [1.807, 2.05) is 0 Å². The summed E-state index contributed by atoms with van der Waals surface area (Å²) >= 11 is 0. The van der Waals surface area contributed by atoms with Gasteiger partial charge in [0.05, 0.1) is 12.4 Å². The average Bonchev–Trinajstić information content (AvgIpc) is 2.29. The zero-order valence-corrected chi connectivity index (χ0v) is 8.66. The predicted molar refractivity (Wildman–Crippen MR) is 57.1 cm³/mol. The van der Waals surface area contributed by atoms with Crippen molar-refractivity contribution in [3.05, 3.63) is 18.1 Å². The fourth-order valence-corrected chi connectivity index (χ4v) is 0.989. The van der Waals surface area contributed by atoms with E-state index in [1.54, 1.807) is 0 Å². The summed E-state index contributed by atoms with van der Waals surface area (Å²) in [6, 6.07) is 0. The van der Waals surface area contributed by atoms with Crippen LogP contribution in [0.2, 0.25) is 0 Å². The second kappa shape index (κ2) is 5.92. The molecule has 0 aliphatic rings. The lowest BCUT2D eigenvalue weighted by Gasteiger charge is -2.03. The lowest BCUT2D eigenvalue weighted by atomic mass is 10.3. The highest BCUT2D eigenvalue weighted by Gasteiger charge is 2.06. The summed E-state index contributed by atoms with van der Waals surface area (Å²) in [5.41, 5.74) is 2.64. The molecule has 0 fully saturated rings. The van der Waals surface area contributed by atoms with Gasteiger partial charge in [0.25, 0.3) is 5.91 Å². The Morgan fingerprint density at radius 2 is 2.27 bits per heavy atom. The quantitative estimate of drug-likeness (QED) is 0.368. The van der Waals surface area contributed by atoms with E-state index >= 15 is 0 Å². The van der Waals surface area contributed by atoms with Crippen LogP contribution in [0.4, 0.5) is 5.82 Å². The maximum absolute atomic E-state index is 11.5. The van der Waals surface area contributed by atoms with Gasteiger partial charge in [-0.05, 0) is 6.42 Å². The van der Waals surface area contributed by atoms with Gasteiger partial charge in [0, 0.05) is 6.54 Å². The van der Waals surface area contributed by atoms with Gasteiger partial charge in [-0.3, -0.25) is 4.79 Å². The van der Waals surface area contributed by atoms with Crippen molar-refractivity contribution < 1.29 is 4.79 Å². The highest BCUT2D eigenvalue weighted by Crippen LogP contribution is 1.98. The van der Waals surface area contributed by atoms with Crippen molar-refractivity contribution in [3.8, 4) is 0 Å². The normalized spacial score (nSPS) is 9.73. The van der Waals surface area contributed by atoms with Crippen molar-refractivity contribution in [2.24, 2.45) is 5.84 Å². The van der Waals surface area contributed by atoms with Crippen molar-refractivity contribution in [2.75, 3.05) is 12.0 Å². The van der Waals surface area contributed by atoms with Gasteiger partial charge in [0.2, 0.25) is 0 Å². The molecule has 15 heavy (non-hydrogen) atoms. The molecule has 0 aromatic carbocycles. The van der Waals surface area contributed by atoms with E-state index in [2.05, 4.69) is 27.6 Å². The topological polar surface area (TPSA) is 92.9 Å². The Kier molecular flexibility index (Phi) is 4.49. The van der Waals surface area contributed by atoms with Crippen molar-refractivity contribution in [3.63, 3.8) is 0 Å². The number of nitrogens with two attached hydrogens (primary N) is 1. The summed E-state index contributed by atoms with van der Waals surface area (Å²) in [5.74, 6) is 5.34. The Morgan fingerprint density at radius 3 is 2.80 bits per heavy atom. The number of hydrazine groups is 1. The van der Waals surface area contributed by atoms with Crippen molar-refractivity contribution >= 4 is 11.7 Å². The predicted octanol–water partition coefficient (Wildman–Crippen LogP) is 0.292. The van der Waals surface area contributed by atoms with E-state index in [9.17, 15) is 4.79 Å². The number of hydrogen-bond donors (Lipinski definition) is 3. The molecule has 1 aromatic rings. The third-order valence-corrected chi connectivity index (χ3v) is 1.85. The molecule has 0 saturated carbocycles. The number of carbonyl (C=O) groups is 1. The molecule has 0 bridgehead atoms. The largest absolute Gasteiger partial charge is 0.351 e. The summed E-state index contributed by atoms with van der Waals surface area (Å²) in [6.45, 7) is 2.72. The number of amides is 1. The summed E-state index contributed by atoms with van der Waals surface area (Å²) in [6.07, 6.45) is 4.80. The number of unbranched alkanes of at least 4 members (excludes halogenated alkanes) is 1. The van der Waals surface area contributed by atoms with E-state index in [0.29, 0.717) is 18.1 Å². The number of aromatic nitrogens is 2. The first-order valence-electron chi connectivity index (χ1n) is 4.84. The number of carbonyl (C=O) groups excluding carboxylic acids is 1. The third-order valence-electron chi connectivity index (χ3n) is 1.85. The van der Waals surface area contributed by atoms with Gasteiger partial charge >= 0.3 is 0 Å². The van der Waals surface area contributed by atoms with E-state index in [4.69, 9.17) is 5.84 Å². The molecule has 1 rings (SSSR count). The Morgan fingerprint density at radius 1 is 1.47 bits per heavy atom. The summed E-state index contributed by atoms with van der Waals surface area (Å²) in [4.78, 5) is 19.3. The zero-order chi connectivity index (χ0) is 11.1. The fourth-order valence-electron chi connectivity index (χ4n) is 0.989. The smallest absolute Gasteiger partial charge is 0.271 e. The van der Waals surface area contributed by atoms with E-state index in [1.165, 1.54) is 12.4 Å². The van der Waals surface area contributed by atoms with Gasteiger partial charge in [-0.1, -0.05) is 13.3 Å². The van der Waals surface area contributed by atoms with Gasteiger partial charge in [-0.2, -0.15) is 0 Å². The zero-order valence-electron chi connectivity index (χ0n) is 8.66. The first kappa shape index (κ1) is 11.4. The molecular formula is C9H15N5O. The van der Waals surface area contributed by atoms with Gasteiger partial charge in [-0.25, -0.2) is 15.8 Å². The van der Waals surface area contributed by atoms with Crippen molar-refractivity contribution in [1.82, 2.24) is 15.3 Å². The molecule has 82 valence electrons. The molecule has 4 N–H and O–H groups in total. The molecule has 0 aliphatic heterocycles. The van der Waals surface area contributed by atoms with Crippen molar-refractivity contribution in [2.45, 2.75) is 19.8 Å². The van der Waals surface area contributed by atoms with Gasteiger partial charge in [-0.15, -0.1) is 0 Å². The molecule has 1 amide bonds. The van der Waals surface area contributed by atoms with Crippen LogP contribution < -0.4 is 16.6 Å². The molecule has 6 nitrogen and oxygen atoms in total. The second-order valence-electron chi connectivity index (χ2n) is 3.04. The first-order chi connectivity index (χ1) is 7.27. The number of nitrogens with one attached hydrogen (secondary N) is 2. The Hall–Kier alpha value is -1.69. The third kappa shape index (κ3) is 3.51. The molecule has 1 aromatic heterocycles. The number of nitrogens with zero attached hydrogens (tertiary/aromatic N) is 2. The Balaban J connectivity index is 2.50. The number of anilines is 1. The van der Waals surface area contributed by atoms with Crippen molar-refractivity contribution in [1.29, 1.82) is 0 Å². The van der Waals surface area contributed by atoms with Crippen LogP contribution in [-0.2, 0) is 0 Å². The second-order valence-corrected chi connectivity index (χ2v) is 3.04. The molecule has 0 radical (unpaired) electrons. The van der Waals surface area contributed by atoms with Crippen LogP contribution >= 0.6 is 0 Å². The lowest BCUT2D eigenvalue weighted by Crippen LogP contribution is -2.25. The minimum Gasteiger partial charge on any atom is -0.351 e. The first-order valence-corrected chi connectivity index (χ1v) is 4.84. The van der Waals surface area contributed by atoms with Gasteiger partial charge in [0.15, 0.2) is 5.82 Å². The molecule has 0 saturated heterocycles. The van der Waals surface area contributed by atoms with E-state index < -0.39 is 0 Å². The van der Waals surface area contributed by atoms with Crippen LogP contribution in [0.25, 0.3) is 0 Å². The Bertz CT molecular complexity index is 311. The number of hydrogen-bond acceptors (Lipinski definition) is 5. The van der Waals surface area contributed by atoms with Crippen LogP contribution in [0.3, 0.4) is 0 Å². The van der Waals surface area contributed by atoms with Crippen LogP contribution in [0.5, 0.6) is 0 Å². The highest BCUT2D eigenvalue weighted by molar-refractivity contribution is 5.91. The minimum absolute atomic E-state index is 0.209. The van der Waals surface area contributed by atoms with Gasteiger partial charge in [0.1, 0.15) is 5.69 Å². The maximum Gasteiger partial charge on any atom is 0.271 e. The highest BCUT2D eigenvalue weighted by atomic mass is 16.1. The summed E-state index contributed by atoms with van der Waals surface area (Å²) in [5, 5.41) is 2.74. The number of rotatable bonds is 5. The summed E-state index contributed by atoms with van der Waals surface area (Å²) in [7, 11) is 0. The molecule has 0 unspecified atom stereocenters.